The van der Waals surface area contributed by atoms with Crippen LogP contribution in [0.15, 0.2) is 164 Å². The van der Waals surface area contributed by atoms with Crippen molar-refractivity contribution in [3.05, 3.63) is 197 Å². The zero-order chi connectivity index (χ0) is 61.8. The van der Waals surface area contributed by atoms with Crippen molar-refractivity contribution < 1.29 is 0 Å². The van der Waals surface area contributed by atoms with Crippen molar-refractivity contribution in [3.8, 4) is 51.2 Å². The second kappa shape index (κ2) is 18.5. The van der Waals surface area contributed by atoms with Crippen molar-refractivity contribution in [1.29, 1.82) is 0 Å². The maximum absolute atomic E-state index is 5.54. The van der Waals surface area contributed by atoms with Gasteiger partial charge in [-0.25, -0.2) is 15.0 Å². The largest absolute Gasteiger partial charge is 0.310 e. The molecule has 0 atom stereocenters. The van der Waals surface area contributed by atoms with E-state index in [2.05, 4.69) is 302 Å². The number of rotatable bonds is 4. The summed E-state index contributed by atoms with van der Waals surface area (Å²) in [7, 11) is 0. The summed E-state index contributed by atoms with van der Waals surface area (Å²) in [6.45, 7) is 41.8. The van der Waals surface area contributed by atoms with Crippen LogP contribution in [-0.4, -0.2) is 35.4 Å². The predicted molar refractivity (Wildman–Crippen MR) is 376 cm³/mol. The number of benzene rings is 9. The van der Waals surface area contributed by atoms with E-state index in [-0.39, 0.29) is 39.2 Å². The second-order valence-corrected chi connectivity index (χ2v) is 31.9. The van der Waals surface area contributed by atoms with E-state index >= 15 is 0 Å². The fourth-order valence-electron chi connectivity index (χ4n) is 14.4. The van der Waals surface area contributed by atoms with E-state index in [1.54, 1.807) is 0 Å². The minimum atomic E-state index is -0.106. The first-order valence-electron chi connectivity index (χ1n) is 31.9. The number of aromatic nitrogens is 6. The van der Waals surface area contributed by atoms with E-state index in [0.717, 1.165) is 38.8 Å². The minimum Gasteiger partial charge on any atom is -0.310 e. The Labute approximate surface area is 519 Å². The Morgan fingerprint density at radius 3 is 1.12 bits per heavy atom. The van der Waals surface area contributed by atoms with Crippen LogP contribution in [0.3, 0.4) is 0 Å². The van der Waals surface area contributed by atoms with Crippen LogP contribution in [-0.2, 0) is 32.5 Å². The molecule has 9 aromatic carbocycles. The standard InChI is InChI=1S/C81H81BN6/c1-76(2,3)48-30-26-46(27-31-48)73-83-74(47-28-32-49(33-29-47)77(4,5)6)85-75(84-73)57-24-21-23-56-55-22-19-20-25-64(55)86(70(56)57)54-44-67-69-68(45-54)88-66-37-35-51(79(10,11)12)39-59(66)61-41-53(81(16,17)18)43-63(72(61)88)82(69)62-42-52(80(13,14)15)40-60-58-38-50(78(7,8)9)34-36-65(58)87(67)71(60)62/h19-45H,1-18H3. The molecule has 0 saturated heterocycles. The molecule has 438 valence electrons. The lowest BCUT2D eigenvalue weighted by Gasteiger charge is -2.36. The lowest BCUT2D eigenvalue weighted by atomic mass is 9.34. The van der Waals surface area contributed by atoms with Crippen molar-refractivity contribution in [1.82, 2.24) is 28.7 Å². The fourth-order valence-corrected chi connectivity index (χ4v) is 14.4. The van der Waals surface area contributed by atoms with Crippen LogP contribution in [0.2, 0.25) is 0 Å². The van der Waals surface area contributed by atoms with Crippen molar-refractivity contribution in [2.24, 2.45) is 0 Å². The number of hydrogen-bond acceptors (Lipinski definition) is 3. The van der Waals surface area contributed by atoms with Crippen molar-refractivity contribution in [2.45, 2.75) is 157 Å². The van der Waals surface area contributed by atoms with Gasteiger partial charge in [-0.3, -0.25) is 0 Å². The van der Waals surface area contributed by atoms with E-state index in [4.69, 9.17) is 15.0 Å². The topological polar surface area (TPSA) is 53.5 Å². The van der Waals surface area contributed by atoms with Gasteiger partial charge in [-0.2, -0.15) is 0 Å². The van der Waals surface area contributed by atoms with Gasteiger partial charge in [0.15, 0.2) is 17.5 Å². The third kappa shape index (κ3) is 8.52. The minimum absolute atomic E-state index is 0.00723. The van der Waals surface area contributed by atoms with Gasteiger partial charge in [0.2, 0.25) is 0 Å². The molecule has 7 heteroatoms. The number of para-hydroxylation sites is 2. The van der Waals surface area contributed by atoms with E-state index in [1.165, 1.54) is 110 Å². The average Bonchev–Trinajstić information content (AvgIpc) is 1.43. The first-order chi connectivity index (χ1) is 41.4. The molecule has 0 unspecified atom stereocenters. The summed E-state index contributed by atoms with van der Waals surface area (Å²) in [6, 6.07) is 63.2. The van der Waals surface area contributed by atoms with Gasteiger partial charge in [0.1, 0.15) is 0 Å². The van der Waals surface area contributed by atoms with Crippen LogP contribution < -0.4 is 16.4 Å². The second-order valence-electron chi connectivity index (χ2n) is 31.9. The highest BCUT2D eigenvalue weighted by molar-refractivity contribution is 7.00. The third-order valence-corrected chi connectivity index (χ3v) is 19.6. The van der Waals surface area contributed by atoms with Gasteiger partial charge >= 0.3 is 0 Å². The summed E-state index contributed by atoms with van der Waals surface area (Å²) in [5.74, 6) is 1.91. The van der Waals surface area contributed by atoms with Crippen molar-refractivity contribution in [3.63, 3.8) is 0 Å². The number of nitrogens with zero attached hydrogens (tertiary/aromatic N) is 6. The lowest BCUT2D eigenvalue weighted by Crippen LogP contribution is -2.59. The molecule has 6 heterocycles. The summed E-state index contributed by atoms with van der Waals surface area (Å²) in [5, 5.41) is 7.52. The predicted octanol–water partition coefficient (Wildman–Crippen LogP) is 19.1. The Morgan fingerprint density at radius 1 is 0.295 bits per heavy atom. The Morgan fingerprint density at radius 2 is 0.682 bits per heavy atom. The molecule has 0 spiro atoms. The summed E-state index contributed by atoms with van der Waals surface area (Å²) in [6.07, 6.45) is 0. The molecule has 2 aliphatic heterocycles. The van der Waals surface area contributed by atoms with Gasteiger partial charge in [-0.15, -0.1) is 0 Å². The van der Waals surface area contributed by atoms with E-state index in [1.807, 2.05) is 0 Å². The molecule has 0 saturated carbocycles. The fraction of sp³-hybridized carbons (Fsp3) is 0.296. The zero-order valence-electron chi connectivity index (χ0n) is 54.8. The number of fused-ring (bicyclic) bond motifs is 13. The van der Waals surface area contributed by atoms with Gasteiger partial charge in [0, 0.05) is 71.4 Å². The molecule has 0 fully saturated rings. The van der Waals surface area contributed by atoms with E-state index < -0.39 is 0 Å². The van der Waals surface area contributed by atoms with E-state index in [0.29, 0.717) is 17.5 Å². The zero-order valence-corrected chi connectivity index (χ0v) is 54.8. The average molecular weight is 1150 g/mol. The monoisotopic (exact) mass is 1150 g/mol. The van der Waals surface area contributed by atoms with E-state index in [9.17, 15) is 0 Å². The summed E-state index contributed by atoms with van der Waals surface area (Å²) < 4.78 is 7.85. The van der Waals surface area contributed by atoms with Crippen LogP contribution in [0.4, 0.5) is 0 Å². The summed E-state index contributed by atoms with van der Waals surface area (Å²) in [4.78, 5) is 16.4. The molecule has 88 heavy (non-hydrogen) atoms. The van der Waals surface area contributed by atoms with Gasteiger partial charge < -0.3 is 13.7 Å². The van der Waals surface area contributed by atoms with Gasteiger partial charge in [-0.05, 0) is 143 Å². The first kappa shape index (κ1) is 56.0. The van der Waals surface area contributed by atoms with Crippen molar-refractivity contribution >= 4 is 88.5 Å². The van der Waals surface area contributed by atoms with Gasteiger partial charge in [0.05, 0.1) is 27.8 Å². The molecular weight excluding hydrogens is 1070 g/mol. The maximum Gasteiger partial charge on any atom is 0.252 e. The molecule has 6 nitrogen and oxygen atoms in total. The summed E-state index contributed by atoms with van der Waals surface area (Å²) in [5.41, 5.74) is 25.2. The molecule has 0 amide bonds. The van der Waals surface area contributed by atoms with Crippen LogP contribution >= 0.6 is 0 Å². The molecule has 0 aliphatic carbocycles. The Balaban J connectivity index is 1.09. The molecule has 13 aromatic rings. The molecule has 0 radical (unpaired) electrons. The highest BCUT2D eigenvalue weighted by Gasteiger charge is 2.43. The Bertz CT molecular complexity index is 4860. The Hall–Kier alpha value is -8.55. The van der Waals surface area contributed by atoms with Gasteiger partial charge in [0.25, 0.3) is 6.71 Å². The molecule has 15 rings (SSSR count). The van der Waals surface area contributed by atoms with Gasteiger partial charge in [-0.1, -0.05) is 228 Å². The van der Waals surface area contributed by atoms with Crippen molar-refractivity contribution in [2.75, 3.05) is 0 Å². The van der Waals surface area contributed by atoms with Crippen LogP contribution in [0.25, 0.3) is 117 Å². The lowest BCUT2D eigenvalue weighted by molar-refractivity contribution is 0.590. The van der Waals surface area contributed by atoms with Crippen LogP contribution in [0.1, 0.15) is 158 Å². The molecule has 2 aliphatic rings. The van der Waals surface area contributed by atoms with Crippen LogP contribution in [0, 0.1) is 0 Å². The maximum atomic E-state index is 5.54. The highest BCUT2D eigenvalue weighted by atomic mass is 15.1. The number of hydrogen-bond donors (Lipinski definition) is 0. The normalized spacial score (nSPS) is 13.8. The molecule has 0 N–H and O–H groups in total. The molecular formula is C81H81BN6. The highest BCUT2D eigenvalue weighted by Crippen LogP contribution is 2.46. The quantitative estimate of drug-likeness (QED) is 0.165. The molecule has 0 bridgehead atoms. The molecule has 4 aromatic heterocycles. The first-order valence-corrected chi connectivity index (χ1v) is 31.9. The third-order valence-electron chi connectivity index (χ3n) is 19.6. The SMILES string of the molecule is CC(C)(C)c1ccc(-c2nc(-c3ccc(C(C)(C)C)cc3)nc(-c3cccc4c5ccccc5n(-c5cc6c7c(c5)-n5c8ccc(C(C)(C)C)cc8c8cc(C(C)(C)C)cc(c85)B7c5cc(C(C)(C)C)cc7c8cc(C(C)(C)C)ccc8n-6c57)c34)n2)cc1. The summed E-state index contributed by atoms with van der Waals surface area (Å²) >= 11 is 0. The van der Waals surface area contributed by atoms with Crippen LogP contribution in [0.5, 0.6) is 0 Å². The smallest absolute Gasteiger partial charge is 0.252 e. The Kier molecular flexibility index (Phi) is 11.8.